The summed E-state index contributed by atoms with van der Waals surface area (Å²) in [6.45, 7) is 0.600. The number of aromatic nitrogens is 1. The van der Waals surface area contributed by atoms with Crippen LogP contribution in [0.15, 0.2) is 36.5 Å². The minimum atomic E-state index is 0.451. The van der Waals surface area contributed by atoms with Gasteiger partial charge < -0.3 is 10.6 Å². The van der Waals surface area contributed by atoms with E-state index in [4.69, 9.17) is 22.6 Å². The van der Waals surface area contributed by atoms with Crippen molar-refractivity contribution in [1.29, 1.82) is 5.26 Å². The highest BCUT2D eigenvalue weighted by Gasteiger charge is 2.10. The van der Waals surface area contributed by atoms with Gasteiger partial charge in [0.05, 0.1) is 11.3 Å². The van der Waals surface area contributed by atoms with Crippen molar-refractivity contribution in [1.82, 2.24) is 4.98 Å². The highest BCUT2D eigenvalue weighted by atomic mass is 35.5. The van der Waals surface area contributed by atoms with Gasteiger partial charge in [0.2, 0.25) is 0 Å². The van der Waals surface area contributed by atoms with Gasteiger partial charge in [0, 0.05) is 24.8 Å². The second-order valence-corrected chi connectivity index (χ2v) is 4.60. The zero-order valence-electron chi connectivity index (χ0n) is 10.5. The number of nitrogens with two attached hydrogens (primary N) is 1. The third kappa shape index (κ3) is 2.95. The number of anilines is 2. The predicted molar refractivity (Wildman–Crippen MR) is 76.9 cm³/mol. The van der Waals surface area contributed by atoms with Gasteiger partial charge in [0.25, 0.3) is 0 Å². The van der Waals surface area contributed by atoms with Gasteiger partial charge in [-0.2, -0.15) is 5.26 Å². The maximum absolute atomic E-state index is 8.79. The van der Waals surface area contributed by atoms with Gasteiger partial charge in [0.15, 0.2) is 5.82 Å². The lowest BCUT2D eigenvalue weighted by Gasteiger charge is -2.20. The van der Waals surface area contributed by atoms with Crippen molar-refractivity contribution in [3.05, 3.63) is 52.7 Å². The maximum atomic E-state index is 8.79. The molecule has 0 saturated heterocycles. The molecule has 0 aliphatic carbocycles. The molecule has 0 aliphatic rings. The van der Waals surface area contributed by atoms with Crippen LogP contribution in [0.3, 0.4) is 0 Å². The monoisotopic (exact) mass is 272 g/mol. The van der Waals surface area contributed by atoms with E-state index in [2.05, 4.69) is 4.98 Å². The molecule has 2 aromatic rings. The topological polar surface area (TPSA) is 65.9 Å². The average Bonchev–Trinajstić information content (AvgIpc) is 2.41. The molecule has 1 aromatic heterocycles. The Bertz CT molecular complexity index is 634. The molecule has 0 saturated carbocycles. The lowest BCUT2D eigenvalue weighted by Crippen LogP contribution is -2.19. The van der Waals surface area contributed by atoms with Crippen molar-refractivity contribution in [3.8, 4) is 6.07 Å². The SMILES string of the molecule is CN(Cc1ccccc1Cl)c1ncc(C#N)cc1N. The molecular weight excluding hydrogens is 260 g/mol. The molecule has 0 amide bonds. The molecule has 0 atom stereocenters. The number of hydrogen-bond donors (Lipinski definition) is 1. The van der Waals surface area contributed by atoms with Gasteiger partial charge in [-0.3, -0.25) is 0 Å². The van der Waals surface area contributed by atoms with Crippen LogP contribution >= 0.6 is 11.6 Å². The maximum Gasteiger partial charge on any atom is 0.151 e. The number of nitrogen functional groups attached to an aromatic ring is 1. The normalized spacial score (nSPS) is 9.95. The Morgan fingerprint density at radius 2 is 2.16 bits per heavy atom. The van der Waals surface area contributed by atoms with E-state index in [1.807, 2.05) is 42.3 Å². The van der Waals surface area contributed by atoms with Crippen LogP contribution in [0.25, 0.3) is 0 Å². The predicted octanol–water partition coefficient (Wildman–Crippen LogP) is 2.83. The summed E-state index contributed by atoms with van der Waals surface area (Å²) in [4.78, 5) is 6.11. The molecule has 1 aromatic carbocycles. The van der Waals surface area contributed by atoms with E-state index in [1.165, 1.54) is 6.20 Å². The van der Waals surface area contributed by atoms with E-state index in [0.717, 1.165) is 5.56 Å². The zero-order chi connectivity index (χ0) is 13.8. The molecule has 2 rings (SSSR count). The number of benzene rings is 1. The van der Waals surface area contributed by atoms with Crippen LogP contribution in [0.4, 0.5) is 11.5 Å². The first-order valence-electron chi connectivity index (χ1n) is 5.72. The van der Waals surface area contributed by atoms with Gasteiger partial charge in [-0.05, 0) is 17.7 Å². The largest absolute Gasteiger partial charge is 0.396 e. The van der Waals surface area contributed by atoms with Crippen molar-refractivity contribution in [2.24, 2.45) is 0 Å². The van der Waals surface area contributed by atoms with Crippen LogP contribution in [0, 0.1) is 11.3 Å². The number of pyridine rings is 1. The number of nitriles is 1. The lowest BCUT2D eigenvalue weighted by atomic mass is 10.2. The Labute approximate surface area is 117 Å². The summed E-state index contributed by atoms with van der Waals surface area (Å²) in [5.41, 5.74) is 7.83. The number of rotatable bonds is 3. The van der Waals surface area contributed by atoms with Crippen LogP contribution in [-0.2, 0) is 6.54 Å². The first-order chi connectivity index (χ1) is 9.11. The lowest BCUT2D eigenvalue weighted by molar-refractivity contribution is 0.900. The highest BCUT2D eigenvalue weighted by molar-refractivity contribution is 6.31. The van der Waals surface area contributed by atoms with Crippen molar-refractivity contribution >= 4 is 23.1 Å². The summed E-state index contributed by atoms with van der Waals surface area (Å²) >= 11 is 6.12. The Kier molecular flexibility index (Phi) is 3.88. The van der Waals surface area contributed by atoms with Gasteiger partial charge in [-0.1, -0.05) is 29.8 Å². The Morgan fingerprint density at radius 3 is 2.79 bits per heavy atom. The molecule has 1 heterocycles. The molecule has 5 heteroatoms. The van der Waals surface area contributed by atoms with E-state index in [-0.39, 0.29) is 0 Å². The van der Waals surface area contributed by atoms with E-state index >= 15 is 0 Å². The van der Waals surface area contributed by atoms with Crippen molar-refractivity contribution in [2.75, 3.05) is 17.7 Å². The highest BCUT2D eigenvalue weighted by Crippen LogP contribution is 2.23. The first kappa shape index (κ1) is 13.2. The van der Waals surface area contributed by atoms with Gasteiger partial charge >= 0.3 is 0 Å². The fourth-order valence-corrected chi connectivity index (χ4v) is 2.01. The van der Waals surface area contributed by atoms with Crippen LogP contribution < -0.4 is 10.6 Å². The molecule has 0 aliphatic heterocycles. The summed E-state index contributed by atoms with van der Waals surface area (Å²) in [6, 6.07) is 11.3. The quantitative estimate of drug-likeness (QED) is 0.933. The first-order valence-corrected chi connectivity index (χ1v) is 6.10. The Balaban J connectivity index is 2.24. The minimum Gasteiger partial charge on any atom is -0.396 e. The number of hydrogen-bond acceptors (Lipinski definition) is 4. The summed E-state index contributed by atoms with van der Waals surface area (Å²) < 4.78 is 0. The third-order valence-corrected chi connectivity index (χ3v) is 3.12. The molecule has 4 nitrogen and oxygen atoms in total. The average molecular weight is 273 g/mol. The smallest absolute Gasteiger partial charge is 0.151 e. The second kappa shape index (κ2) is 5.59. The van der Waals surface area contributed by atoms with Crippen molar-refractivity contribution in [2.45, 2.75) is 6.54 Å². The third-order valence-electron chi connectivity index (χ3n) is 2.75. The number of nitrogens with zero attached hydrogens (tertiary/aromatic N) is 3. The van der Waals surface area contributed by atoms with E-state index in [0.29, 0.717) is 28.6 Å². The molecule has 19 heavy (non-hydrogen) atoms. The molecule has 0 bridgehead atoms. The van der Waals surface area contributed by atoms with Crippen LogP contribution in [0.5, 0.6) is 0 Å². The fraction of sp³-hybridized carbons (Fsp3) is 0.143. The fourth-order valence-electron chi connectivity index (χ4n) is 1.81. The summed E-state index contributed by atoms with van der Waals surface area (Å²) in [5, 5.41) is 9.50. The van der Waals surface area contributed by atoms with E-state index in [9.17, 15) is 0 Å². The van der Waals surface area contributed by atoms with Crippen LogP contribution in [0.1, 0.15) is 11.1 Å². The Hall–Kier alpha value is -2.25. The van der Waals surface area contributed by atoms with Gasteiger partial charge in [-0.25, -0.2) is 4.98 Å². The molecule has 0 unspecified atom stereocenters. The Morgan fingerprint density at radius 1 is 1.42 bits per heavy atom. The summed E-state index contributed by atoms with van der Waals surface area (Å²) in [7, 11) is 1.88. The van der Waals surface area contributed by atoms with E-state index < -0.39 is 0 Å². The molecular formula is C14H13ClN4. The second-order valence-electron chi connectivity index (χ2n) is 4.20. The molecule has 0 radical (unpaired) electrons. The van der Waals surface area contributed by atoms with Crippen LogP contribution in [-0.4, -0.2) is 12.0 Å². The van der Waals surface area contributed by atoms with Crippen molar-refractivity contribution < 1.29 is 0 Å². The standard InChI is InChI=1S/C14H13ClN4/c1-19(9-11-4-2-3-5-12(11)15)14-13(17)6-10(7-16)8-18-14/h2-6,8H,9,17H2,1H3. The molecule has 0 fully saturated rings. The number of halogens is 1. The van der Waals surface area contributed by atoms with Gasteiger partial charge in [-0.15, -0.1) is 0 Å². The summed E-state index contributed by atoms with van der Waals surface area (Å²) in [6.07, 6.45) is 1.51. The molecule has 96 valence electrons. The summed E-state index contributed by atoms with van der Waals surface area (Å²) in [5.74, 6) is 0.638. The zero-order valence-corrected chi connectivity index (χ0v) is 11.2. The van der Waals surface area contributed by atoms with Gasteiger partial charge in [0.1, 0.15) is 6.07 Å². The van der Waals surface area contributed by atoms with Crippen LogP contribution in [0.2, 0.25) is 5.02 Å². The van der Waals surface area contributed by atoms with E-state index in [1.54, 1.807) is 6.07 Å². The van der Waals surface area contributed by atoms with Crippen molar-refractivity contribution in [3.63, 3.8) is 0 Å². The molecule has 2 N–H and O–H groups in total. The molecule has 0 spiro atoms. The minimum absolute atomic E-state index is 0.451.